The van der Waals surface area contributed by atoms with E-state index >= 15 is 0 Å². The Morgan fingerprint density at radius 1 is 1.12 bits per heavy atom. The van der Waals surface area contributed by atoms with E-state index in [0.717, 1.165) is 12.0 Å². The first-order valence-corrected chi connectivity index (χ1v) is 9.38. The Morgan fingerprint density at radius 2 is 1.85 bits per heavy atom. The number of methoxy groups -OCH3 is 2. The summed E-state index contributed by atoms with van der Waals surface area (Å²) < 4.78 is 11.1. The van der Waals surface area contributed by atoms with Crippen molar-refractivity contribution >= 4 is 46.0 Å². The number of carbonyl (C=O) groups excluding carboxylic acids is 1. The van der Waals surface area contributed by atoms with Gasteiger partial charge in [0.2, 0.25) is 0 Å². The average Bonchev–Trinajstić information content (AvgIpc) is 2.95. The molecule has 3 rings (SSSR count). The Labute approximate surface area is 162 Å². The monoisotopic (exact) mass is 385 g/mol. The van der Waals surface area contributed by atoms with E-state index < -0.39 is 0 Å². The van der Waals surface area contributed by atoms with Crippen LogP contribution in [0, 0.1) is 0 Å². The summed E-state index contributed by atoms with van der Waals surface area (Å²) in [6.45, 7) is 2.11. The van der Waals surface area contributed by atoms with Crippen LogP contribution >= 0.6 is 24.0 Å². The van der Waals surface area contributed by atoms with Gasteiger partial charge in [-0.3, -0.25) is 9.69 Å². The normalized spacial score (nSPS) is 15.7. The van der Waals surface area contributed by atoms with Crippen LogP contribution in [0.3, 0.4) is 0 Å². The summed E-state index contributed by atoms with van der Waals surface area (Å²) in [5, 5.41) is 0. The molecule has 0 saturated carbocycles. The van der Waals surface area contributed by atoms with Gasteiger partial charge in [-0.1, -0.05) is 55.2 Å². The maximum atomic E-state index is 12.9. The van der Waals surface area contributed by atoms with Crippen molar-refractivity contribution in [2.45, 2.75) is 13.3 Å². The minimum atomic E-state index is -0.150. The maximum Gasteiger partial charge on any atom is 0.270 e. The Bertz CT molecular complexity index is 875. The largest absolute Gasteiger partial charge is 0.497 e. The first-order chi connectivity index (χ1) is 12.6. The van der Waals surface area contributed by atoms with Crippen molar-refractivity contribution in [2.75, 3.05) is 19.1 Å². The number of hydrogen-bond donors (Lipinski definition) is 0. The van der Waals surface area contributed by atoms with Gasteiger partial charge in [-0.15, -0.1) is 0 Å². The summed E-state index contributed by atoms with van der Waals surface area (Å²) in [5.74, 6) is 1.04. The molecule has 4 nitrogen and oxygen atoms in total. The van der Waals surface area contributed by atoms with Gasteiger partial charge in [0, 0.05) is 6.07 Å². The van der Waals surface area contributed by atoms with Gasteiger partial charge in [0.05, 0.1) is 24.8 Å². The number of benzene rings is 2. The molecule has 2 aromatic rings. The van der Waals surface area contributed by atoms with E-state index in [-0.39, 0.29) is 5.91 Å². The minimum absolute atomic E-state index is 0.150. The van der Waals surface area contributed by atoms with E-state index in [0.29, 0.717) is 26.4 Å². The second-order valence-corrected chi connectivity index (χ2v) is 7.33. The molecule has 6 heteroatoms. The molecule has 0 unspecified atom stereocenters. The second kappa shape index (κ2) is 7.93. The highest BCUT2D eigenvalue weighted by Crippen LogP contribution is 2.41. The lowest BCUT2D eigenvalue weighted by atomic mass is 10.1. The van der Waals surface area contributed by atoms with Gasteiger partial charge in [-0.2, -0.15) is 0 Å². The van der Waals surface area contributed by atoms with Crippen molar-refractivity contribution in [1.29, 1.82) is 0 Å². The Hall–Kier alpha value is -2.31. The van der Waals surface area contributed by atoms with Crippen molar-refractivity contribution in [2.24, 2.45) is 0 Å². The van der Waals surface area contributed by atoms with Gasteiger partial charge in [0.25, 0.3) is 5.91 Å². The number of rotatable bonds is 5. The zero-order valence-corrected chi connectivity index (χ0v) is 16.4. The average molecular weight is 386 g/mol. The molecule has 0 bridgehead atoms. The van der Waals surface area contributed by atoms with Crippen LogP contribution in [0.2, 0.25) is 0 Å². The SMILES string of the molecule is CCc1ccc(C=C2SC(=S)N(c3ccc(OC)cc3OC)C2=O)cc1. The molecule has 0 aliphatic carbocycles. The van der Waals surface area contributed by atoms with E-state index in [1.165, 1.54) is 22.2 Å². The topological polar surface area (TPSA) is 38.8 Å². The van der Waals surface area contributed by atoms with Crippen LogP contribution in [0.4, 0.5) is 5.69 Å². The molecule has 1 aliphatic rings. The van der Waals surface area contributed by atoms with Crippen molar-refractivity contribution in [3.05, 3.63) is 58.5 Å². The highest BCUT2D eigenvalue weighted by Gasteiger charge is 2.35. The number of thiocarbonyl (C=S) groups is 1. The molecular formula is C20H19NO3S2. The quantitative estimate of drug-likeness (QED) is 0.552. The Balaban J connectivity index is 1.92. The van der Waals surface area contributed by atoms with E-state index in [1.807, 2.05) is 18.2 Å². The third-order valence-corrected chi connectivity index (χ3v) is 5.41. The van der Waals surface area contributed by atoms with Crippen LogP contribution in [0.15, 0.2) is 47.4 Å². The van der Waals surface area contributed by atoms with E-state index in [4.69, 9.17) is 21.7 Å². The summed E-state index contributed by atoms with van der Waals surface area (Å²) >= 11 is 6.73. The summed E-state index contributed by atoms with van der Waals surface area (Å²) in [6, 6.07) is 13.5. The highest BCUT2D eigenvalue weighted by molar-refractivity contribution is 8.27. The standard InChI is InChI=1S/C20H19NO3S2/c1-4-13-5-7-14(8-6-13)11-18-19(22)21(20(25)26-18)16-10-9-15(23-2)12-17(16)24-3/h5-12H,4H2,1-3H3. The maximum absolute atomic E-state index is 12.9. The van der Waals surface area contributed by atoms with E-state index in [2.05, 4.69) is 19.1 Å². The zero-order chi connectivity index (χ0) is 18.7. The smallest absolute Gasteiger partial charge is 0.270 e. The van der Waals surface area contributed by atoms with Gasteiger partial charge in [0.15, 0.2) is 4.32 Å². The number of thioether (sulfide) groups is 1. The fourth-order valence-electron chi connectivity index (χ4n) is 2.65. The molecule has 0 atom stereocenters. The number of aryl methyl sites for hydroxylation is 1. The lowest BCUT2D eigenvalue weighted by molar-refractivity contribution is -0.113. The number of nitrogens with zero attached hydrogens (tertiary/aromatic N) is 1. The minimum Gasteiger partial charge on any atom is -0.497 e. The first kappa shape index (κ1) is 18.5. The fourth-order valence-corrected chi connectivity index (χ4v) is 3.93. The molecule has 134 valence electrons. The van der Waals surface area contributed by atoms with Gasteiger partial charge in [0.1, 0.15) is 11.5 Å². The summed E-state index contributed by atoms with van der Waals surface area (Å²) in [6.07, 6.45) is 2.86. The molecule has 2 aromatic carbocycles. The molecule has 1 amide bonds. The number of hydrogen-bond acceptors (Lipinski definition) is 5. The van der Waals surface area contributed by atoms with E-state index in [1.54, 1.807) is 32.4 Å². The fraction of sp³-hybridized carbons (Fsp3) is 0.200. The zero-order valence-electron chi connectivity index (χ0n) is 14.8. The van der Waals surface area contributed by atoms with Gasteiger partial charge >= 0.3 is 0 Å². The molecule has 26 heavy (non-hydrogen) atoms. The highest BCUT2D eigenvalue weighted by atomic mass is 32.2. The summed E-state index contributed by atoms with van der Waals surface area (Å²) in [5.41, 5.74) is 2.85. The Kier molecular flexibility index (Phi) is 5.64. The molecule has 1 fully saturated rings. The third-order valence-electron chi connectivity index (χ3n) is 4.11. The number of amides is 1. The molecule has 1 heterocycles. The molecule has 0 radical (unpaired) electrons. The Morgan fingerprint density at radius 3 is 2.46 bits per heavy atom. The number of ether oxygens (including phenoxy) is 2. The first-order valence-electron chi connectivity index (χ1n) is 8.16. The van der Waals surface area contributed by atoms with Crippen molar-refractivity contribution in [3.8, 4) is 11.5 Å². The van der Waals surface area contributed by atoms with Crippen molar-refractivity contribution in [1.82, 2.24) is 0 Å². The summed E-state index contributed by atoms with van der Waals surface area (Å²) in [7, 11) is 3.14. The van der Waals surface area contributed by atoms with Crippen LogP contribution in [-0.4, -0.2) is 24.4 Å². The van der Waals surface area contributed by atoms with Gasteiger partial charge < -0.3 is 9.47 Å². The van der Waals surface area contributed by atoms with Crippen molar-refractivity contribution in [3.63, 3.8) is 0 Å². The lowest BCUT2D eigenvalue weighted by Gasteiger charge is -2.18. The van der Waals surface area contributed by atoms with Crippen LogP contribution in [0.25, 0.3) is 6.08 Å². The predicted molar refractivity (Wildman–Crippen MR) is 111 cm³/mol. The van der Waals surface area contributed by atoms with Crippen LogP contribution in [0.5, 0.6) is 11.5 Å². The van der Waals surface area contributed by atoms with E-state index in [9.17, 15) is 4.79 Å². The predicted octanol–water partition coefficient (Wildman–Crippen LogP) is 4.67. The molecular weight excluding hydrogens is 366 g/mol. The molecule has 0 aromatic heterocycles. The van der Waals surface area contributed by atoms with Gasteiger partial charge in [-0.05, 0) is 35.8 Å². The summed E-state index contributed by atoms with van der Waals surface area (Å²) in [4.78, 5) is 15.0. The molecule has 1 saturated heterocycles. The molecule has 0 spiro atoms. The molecule has 0 N–H and O–H groups in total. The van der Waals surface area contributed by atoms with Crippen LogP contribution < -0.4 is 14.4 Å². The third kappa shape index (κ3) is 3.61. The van der Waals surface area contributed by atoms with Crippen molar-refractivity contribution < 1.29 is 14.3 Å². The number of carbonyl (C=O) groups is 1. The van der Waals surface area contributed by atoms with Crippen LogP contribution in [0.1, 0.15) is 18.1 Å². The molecule has 1 aliphatic heterocycles. The number of anilines is 1. The van der Waals surface area contributed by atoms with Crippen LogP contribution in [-0.2, 0) is 11.2 Å². The lowest BCUT2D eigenvalue weighted by Crippen LogP contribution is -2.27. The van der Waals surface area contributed by atoms with Gasteiger partial charge in [-0.25, -0.2) is 0 Å². The second-order valence-electron chi connectivity index (χ2n) is 5.65.